The van der Waals surface area contributed by atoms with Gasteiger partial charge in [0.25, 0.3) is 0 Å². The van der Waals surface area contributed by atoms with E-state index in [-0.39, 0.29) is 41.8 Å². The number of anilines is 1. The Morgan fingerprint density at radius 2 is 1.47 bits per heavy atom. The summed E-state index contributed by atoms with van der Waals surface area (Å²) >= 11 is 0. The molecule has 0 bridgehead atoms. The fourth-order valence-corrected chi connectivity index (χ4v) is 4.27. The van der Waals surface area contributed by atoms with E-state index in [0.717, 1.165) is 43.5 Å². The van der Waals surface area contributed by atoms with E-state index in [4.69, 9.17) is 4.74 Å². The van der Waals surface area contributed by atoms with Gasteiger partial charge in [-0.2, -0.15) is 0 Å². The van der Waals surface area contributed by atoms with Crippen LogP contribution in [0.3, 0.4) is 0 Å². The molecule has 1 N–H and O–H groups in total. The Morgan fingerprint density at radius 3 is 2.14 bits per heavy atom. The standard InChI is InChI=1S/C28H29F3N2O3/c29-21-4-1-20(2-5-21)3-11-27(35)26-17-23(31)8-12-28(26)36-19-25(34)18-32-13-15-33(16-14-32)24-9-6-22(30)7-10-24/h1-2,4-10,12,17,25,34H,3,11,13-16,18-19H2. The summed E-state index contributed by atoms with van der Waals surface area (Å²) in [6.45, 7) is 3.33. The molecule has 1 saturated heterocycles. The number of aryl methyl sites for hydroxylation is 1. The number of hydrogen-bond acceptors (Lipinski definition) is 5. The molecular weight excluding hydrogens is 469 g/mol. The number of aliphatic hydroxyl groups excluding tert-OH is 1. The summed E-state index contributed by atoms with van der Waals surface area (Å²) in [5.41, 5.74) is 1.89. The van der Waals surface area contributed by atoms with Gasteiger partial charge in [0.2, 0.25) is 0 Å². The molecule has 4 rings (SSSR count). The zero-order valence-electron chi connectivity index (χ0n) is 19.9. The van der Waals surface area contributed by atoms with Gasteiger partial charge in [0.05, 0.1) is 5.56 Å². The van der Waals surface area contributed by atoms with Gasteiger partial charge in [0, 0.05) is 44.8 Å². The van der Waals surface area contributed by atoms with Crippen LogP contribution < -0.4 is 9.64 Å². The summed E-state index contributed by atoms with van der Waals surface area (Å²) in [5, 5.41) is 10.5. The van der Waals surface area contributed by atoms with Gasteiger partial charge in [0.1, 0.15) is 35.9 Å². The first-order valence-electron chi connectivity index (χ1n) is 12.0. The first-order valence-corrected chi connectivity index (χ1v) is 12.0. The fourth-order valence-electron chi connectivity index (χ4n) is 4.27. The quantitative estimate of drug-likeness (QED) is 0.418. The molecule has 1 aliphatic heterocycles. The average Bonchev–Trinajstić information content (AvgIpc) is 2.88. The summed E-state index contributed by atoms with van der Waals surface area (Å²) in [7, 11) is 0. The van der Waals surface area contributed by atoms with Gasteiger partial charge in [0.15, 0.2) is 5.78 Å². The minimum absolute atomic E-state index is 0.0396. The number of ether oxygens (including phenoxy) is 1. The highest BCUT2D eigenvalue weighted by molar-refractivity contribution is 5.98. The zero-order valence-corrected chi connectivity index (χ0v) is 19.9. The Balaban J connectivity index is 1.27. The molecule has 1 aliphatic rings. The lowest BCUT2D eigenvalue weighted by Gasteiger charge is -2.36. The summed E-state index contributed by atoms with van der Waals surface area (Å²) in [5.74, 6) is -1.23. The predicted octanol–water partition coefficient (Wildman–Crippen LogP) is 4.48. The molecule has 0 amide bonds. The van der Waals surface area contributed by atoms with Gasteiger partial charge < -0.3 is 14.7 Å². The maximum atomic E-state index is 13.9. The minimum atomic E-state index is -0.797. The van der Waals surface area contributed by atoms with Crippen LogP contribution >= 0.6 is 0 Å². The molecule has 190 valence electrons. The third-order valence-electron chi connectivity index (χ3n) is 6.26. The molecule has 3 aromatic carbocycles. The van der Waals surface area contributed by atoms with Gasteiger partial charge in [-0.15, -0.1) is 0 Å². The van der Waals surface area contributed by atoms with Crippen molar-refractivity contribution in [3.63, 3.8) is 0 Å². The van der Waals surface area contributed by atoms with E-state index in [0.29, 0.717) is 13.0 Å². The second-order valence-electron chi connectivity index (χ2n) is 8.92. The van der Waals surface area contributed by atoms with Crippen LogP contribution in [-0.4, -0.2) is 61.2 Å². The molecule has 1 heterocycles. The third-order valence-corrected chi connectivity index (χ3v) is 6.26. The number of Topliss-reactive ketones (excluding diaryl/α,β-unsaturated/α-hetero) is 1. The van der Waals surface area contributed by atoms with Crippen molar-refractivity contribution >= 4 is 11.5 Å². The van der Waals surface area contributed by atoms with E-state index in [1.54, 1.807) is 24.3 Å². The molecule has 36 heavy (non-hydrogen) atoms. The molecule has 8 heteroatoms. The van der Waals surface area contributed by atoms with E-state index in [9.17, 15) is 23.1 Å². The maximum Gasteiger partial charge on any atom is 0.167 e. The first-order chi connectivity index (χ1) is 17.4. The summed E-state index contributed by atoms with van der Waals surface area (Å²) in [6.07, 6.45) is -0.289. The number of benzene rings is 3. The van der Waals surface area contributed by atoms with E-state index in [2.05, 4.69) is 9.80 Å². The van der Waals surface area contributed by atoms with Crippen LogP contribution in [0.25, 0.3) is 0 Å². The molecule has 0 radical (unpaired) electrons. The number of β-amino-alcohol motifs (C(OH)–C–C–N with tert-alkyl or cyclic N) is 1. The number of nitrogens with zero attached hydrogens (tertiary/aromatic N) is 2. The van der Waals surface area contributed by atoms with Crippen LogP contribution in [0.5, 0.6) is 5.75 Å². The van der Waals surface area contributed by atoms with Crippen LogP contribution in [0.15, 0.2) is 66.7 Å². The number of hydrogen-bond donors (Lipinski definition) is 1. The average molecular weight is 499 g/mol. The number of rotatable bonds is 10. The molecule has 1 fully saturated rings. The van der Waals surface area contributed by atoms with E-state index in [1.165, 1.54) is 36.4 Å². The predicted molar refractivity (Wildman–Crippen MR) is 132 cm³/mol. The fraction of sp³-hybridized carbons (Fsp3) is 0.321. The molecule has 0 spiro atoms. The third kappa shape index (κ3) is 7.08. The van der Waals surface area contributed by atoms with Gasteiger partial charge in [-0.25, -0.2) is 13.2 Å². The molecule has 0 aromatic heterocycles. The van der Waals surface area contributed by atoms with Crippen molar-refractivity contribution in [1.82, 2.24) is 4.90 Å². The van der Waals surface area contributed by atoms with Crippen LogP contribution in [-0.2, 0) is 6.42 Å². The molecule has 5 nitrogen and oxygen atoms in total. The summed E-state index contributed by atoms with van der Waals surface area (Å²) in [6, 6.07) is 16.1. The number of ketones is 1. The van der Waals surface area contributed by atoms with Crippen LogP contribution in [0.1, 0.15) is 22.3 Å². The summed E-state index contributed by atoms with van der Waals surface area (Å²) < 4.78 is 45.8. The summed E-state index contributed by atoms with van der Waals surface area (Å²) in [4.78, 5) is 17.1. The van der Waals surface area contributed by atoms with Crippen molar-refractivity contribution in [2.75, 3.05) is 44.2 Å². The second-order valence-corrected chi connectivity index (χ2v) is 8.92. The Bertz CT molecular complexity index is 1150. The zero-order chi connectivity index (χ0) is 25.5. The number of carbonyl (C=O) groups is 1. The maximum absolute atomic E-state index is 13.9. The van der Waals surface area contributed by atoms with Crippen molar-refractivity contribution in [3.8, 4) is 5.75 Å². The molecule has 0 aliphatic carbocycles. The monoisotopic (exact) mass is 498 g/mol. The Kier molecular flexibility index (Phi) is 8.61. The van der Waals surface area contributed by atoms with E-state index < -0.39 is 11.9 Å². The molecular formula is C28H29F3N2O3. The molecule has 3 aromatic rings. The van der Waals surface area contributed by atoms with Crippen LogP contribution in [0, 0.1) is 17.5 Å². The normalized spacial score (nSPS) is 15.1. The van der Waals surface area contributed by atoms with Crippen molar-refractivity contribution in [2.24, 2.45) is 0 Å². The molecule has 1 atom stereocenters. The number of piperazine rings is 1. The molecule has 1 unspecified atom stereocenters. The highest BCUT2D eigenvalue weighted by Crippen LogP contribution is 2.23. The SMILES string of the molecule is O=C(CCc1ccc(F)cc1)c1cc(F)ccc1OCC(O)CN1CCN(c2ccc(F)cc2)CC1. The Labute approximate surface area is 208 Å². The van der Waals surface area contributed by atoms with Crippen LogP contribution in [0.4, 0.5) is 18.9 Å². The van der Waals surface area contributed by atoms with Crippen molar-refractivity contribution < 1.29 is 27.8 Å². The van der Waals surface area contributed by atoms with Gasteiger partial charge in [-0.3, -0.25) is 9.69 Å². The lowest BCUT2D eigenvalue weighted by Crippen LogP contribution is -2.49. The lowest BCUT2D eigenvalue weighted by molar-refractivity contribution is 0.0655. The first kappa shape index (κ1) is 25.7. The van der Waals surface area contributed by atoms with Gasteiger partial charge in [-0.05, 0) is 66.6 Å². The Hall–Kier alpha value is -3.36. The van der Waals surface area contributed by atoms with E-state index in [1.807, 2.05) is 0 Å². The number of aliphatic hydroxyl groups is 1. The van der Waals surface area contributed by atoms with E-state index >= 15 is 0 Å². The number of carbonyl (C=O) groups excluding carboxylic acids is 1. The minimum Gasteiger partial charge on any atom is -0.490 e. The topological polar surface area (TPSA) is 53.0 Å². The molecule has 0 saturated carbocycles. The largest absolute Gasteiger partial charge is 0.490 e. The highest BCUT2D eigenvalue weighted by atomic mass is 19.1. The van der Waals surface area contributed by atoms with Crippen molar-refractivity contribution in [1.29, 1.82) is 0 Å². The van der Waals surface area contributed by atoms with Crippen molar-refractivity contribution in [3.05, 3.63) is 95.3 Å². The van der Waals surface area contributed by atoms with Gasteiger partial charge >= 0.3 is 0 Å². The second kappa shape index (κ2) is 12.1. The van der Waals surface area contributed by atoms with Crippen molar-refractivity contribution in [2.45, 2.75) is 18.9 Å². The van der Waals surface area contributed by atoms with Gasteiger partial charge in [-0.1, -0.05) is 12.1 Å². The highest BCUT2D eigenvalue weighted by Gasteiger charge is 2.21. The smallest absolute Gasteiger partial charge is 0.167 e. The number of halogens is 3. The van der Waals surface area contributed by atoms with Crippen LogP contribution in [0.2, 0.25) is 0 Å². The lowest BCUT2D eigenvalue weighted by atomic mass is 10.0. The Morgan fingerprint density at radius 1 is 0.861 bits per heavy atom.